The summed E-state index contributed by atoms with van der Waals surface area (Å²) in [7, 11) is 0. The van der Waals surface area contributed by atoms with E-state index in [-0.39, 0.29) is 11.8 Å². The lowest BCUT2D eigenvalue weighted by Gasteiger charge is -2.45. The van der Waals surface area contributed by atoms with E-state index in [1.165, 1.54) is 0 Å². The molecule has 0 amide bonds. The molecular formula is C18H26N2O3. The van der Waals surface area contributed by atoms with Crippen LogP contribution in [0.5, 0.6) is 0 Å². The summed E-state index contributed by atoms with van der Waals surface area (Å²) >= 11 is 0. The zero-order valence-corrected chi connectivity index (χ0v) is 14.1. The first kappa shape index (κ1) is 17.5. The Kier molecular flexibility index (Phi) is 5.42. The molecule has 0 saturated carbocycles. The Labute approximate surface area is 137 Å². The molecule has 2 rings (SSSR count). The second-order valence-electron chi connectivity index (χ2n) is 6.55. The van der Waals surface area contributed by atoms with Crippen molar-refractivity contribution in [3.05, 3.63) is 29.8 Å². The zero-order valence-electron chi connectivity index (χ0n) is 14.1. The van der Waals surface area contributed by atoms with E-state index in [2.05, 4.69) is 10.6 Å². The Bertz CT molecular complexity index is 587. The van der Waals surface area contributed by atoms with Gasteiger partial charge in [0.05, 0.1) is 5.92 Å². The molecule has 5 heteroatoms. The SMILES string of the molecule is CCC(=O)c1ccccc1N[C@@H]1CCNC[C@@]1(C)C(C)C(=O)O. The number of piperidine rings is 1. The van der Waals surface area contributed by atoms with Crippen LogP contribution in [0.2, 0.25) is 0 Å². The van der Waals surface area contributed by atoms with Crippen molar-refractivity contribution < 1.29 is 14.7 Å². The standard InChI is InChI=1S/C18H26N2O3/c1-4-15(21)13-7-5-6-8-14(13)20-16-9-10-19-11-18(16,3)12(2)17(22)23/h5-8,12,16,19-20H,4,9-11H2,1-3H3,(H,22,23)/t12?,16-,18+/m1/s1. The molecule has 1 heterocycles. The van der Waals surface area contributed by atoms with E-state index in [9.17, 15) is 14.7 Å². The molecule has 1 aliphatic rings. The summed E-state index contributed by atoms with van der Waals surface area (Å²) in [6.07, 6.45) is 1.27. The first-order chi connectivity index (χ1) is 10.9. The van der Waals surface area contributed by atoms with Gasteiger partial charge in [0.15, 0.2) is 5.78 Å². The largest absolute Gasteiger partial charge is 0.481 e. The molecule has 3 N–H and O–H groups in total. The summed E-state index contributed by atoms with van der Waals surface area (Å²) < 4.78 is 0. The Morgan fingerprint density at radius 2 is 2.13 bits per heavy atom. The molecule has 126 valence electrons. The number of para-hydroxylation sites is 1. The number of rotatable bonds is 6. The maximum Gasteiger partial charge on any atom is 0.306 e. The molecule has 1 unspecified atom stereocenters. The first-order valence-corrected chi connectivity index (χ1v) is 8.22. The fourth-order valence-corrected chi connectivity index (χ4v) is 3.26. The van der Waals surface area contributed by atoms with E-state index in [1.807, 2.05) is 38.1 Å². The molecule has 1 saturated heterocycles. The van der Waals surface area contributed by atoms with Crippen molar-refractivity contribution >= 4 is 17.4 Å². The molecule has 0 bridgehead atoms. The van der Waals surface area contributed by atoms with Crippen molar-refractivity contribution in [2.75, 3.05) is 18.4 Å². The van der Waals surface area contributed by atoms with Crippen LogP contribution in [-0.4, -0.2) is 36.0 Å². The van der Waals surface area contributed by atoms with Crippen LogP contribution >= 0.6 is 0 Å². The number of carboxylic acids is 1. The van der Waals surface area contributed by atoms with Crippen LogP contribution in [-0.2, 0) is 4.79 Å². The molecule has 23 heavy (non-hydrogen) atoms. The Morgan fingerprint density at radius 3 is 2.78 bits per heavy atom. The number of ketones is 1. The van der Waals surface area contributed by atoms with Crippen LogP contribution in [0, 0.1) is 11.3 Å². The van der Waals surface area contributed by atoms with Crippen LogP contribution in [0.25, 0.3) is 0 Å². The van der Waals surface area contributed by atoms with E-state index in [0.29, 0.717) is 18.5 Å². The van der Waals surface area contributed by atoms with Gasteiger partial charge in [0.1, 0.15) is 0 Å². The fourth-order valence-electron chi connectivity index (χ4n) is 3.26. The number of hydrogen-bond acceptors (Lipinski definition) is 4. The van der Waals surface area contributed by atoms with E-state index in [0.717, 1.165) is 18.7 Å². The lowest BCUT2D eigenvalue weighted by molar-refractivity contribution is -0.146. The van der Waals surface area contributed by atoms with Crippen molar-refractivity contribution in [1.29, 1.82) is 0 Å². The predicted octanol–water partition coefficient (Wildman–Crippen LogP) is 2.78. The minimum Gasteiger partial charge on any atom is -0.481 e. The molecule has 5 nitrogen and oxygen atoms in total. The van der Waals surface area contributed by atoms with Crippen LogP contribution < -0.4 is 10.6 Å². The van der Waals surface area contributed by atoms with Gasteiger partial charge in [-0.25, -0.2) is 0 Å². The van der Waals surface area contributed by atoms with Gasteiger partial charge >= 0.3 is 5.97 Å². The Hall–Kier alpha value is -1.88. The number of hydrogen-bond donors (Lipinski definition) is 3. The molecule has 1 aromatic rings. The first-order valence-electron chi connectivity index (χ1n) is 8.22. The lowest BCUT2D eigenvalue weighted by Crippen LogP contribution is -2.56. The number of nitrogens with one attached hydrogen (secondary N) is 2. The molecule has 3 atom stereocenters. The van der Waals surface area contributed by atoms with E-state index < -0.39 is 17.3 Å². The van der Waals surface area contributed by atoms with E-state index >= 15 is 0 Å². The van der Waals surface area contributed by atoms with Gasteiger partial charge in [0.25, 0.3) is 0 Å². The summed E-state index contributed by atoms with van der Waals surface area (Å²) in [6, 6.07) is 7.48. The van der Waals surface area contributed by atoms with E-state index in [1.54, 1.807) is 6.92 Å². The second kappa shape index (κ2) is 7.13. The van der Waals surface area contributed by atoms with E-state index in [4.69, 9.17) is 0 Å². The minimum absolute atomic E-state index is 0.000608. The van der Waals surface area contributed by atoms with Crippen molar-refractivity contribution in [1.82, 2.24) is 5.32 Å². The minimum atomic E-state index is -0.791. The van der Waals surface area contributed by atoms with Crippen LogP contribution in [0.1, 0.15) is 44.0 Å². The van der Waals surface area contributed by atoms with Crippen molar-refractivity contribution in [2.24, 2.45) is 11.3 Å². The number of aliphatic carboxylic acids is 1. The normalized spacial score (nSPS) is 25.6. The van der Waals surface area contributed by atoms with Crippen molar-refractivity contribution in [3.63, 3.8) is 0 Å². The summed E-state index contributed by atoms with van der Waals surface area (Å²) in [6.45, 7) is 7.08. The molecule has 0 aromatic heterocycles. The monoisotopic (exact) mass is 318 g/mol. The highest BCUT2D eigenvalue weighted by atomic mass is 16.4. The number of carboxylic acid groups (broad SMARTS) is 1. The second-order valence-corrected chi connectivity index (χ2v) is 6.55. The highest BCUT2D eigenvalue weighted by Gasteiger charge is 2.44. The van der Waals surface area contributed by atoms with Crippen LogP contribution in [0.4, 0.5) is 5.69 Å². The summed E-state index contributed by atoms with van der Waals surface area (Å²) in [5.74, 6) is -1.18. The van der Waals surface area contributed by atoms with Crippen LogP contribution in [0.3, 0.4) is 0 Å². The van der Waals surface area contributed by atoms with Crippen molar-refractivity contribution in [3.8, 4) is 0 Å². The predicted molar refractivity (Wildman–Crippen MR) is 90.9 cm³/mol. The average Bonchev–Trinajstić information content (AvgIpc) is 2.56. The van der Waals surface area contributed by atoms with Crippen molar-refractivity contribution in [2.45, 2.75) is 39.7 Å². The number of Topliss-reactive ketones (excluding diaryl/α,β-unsaturated/α-hetero) is 1. The smallest absolute Gasteiger partial charge is 0.306 e. The average molecular weight is 318 g/mol. The zero-order chi connectivity index (χ0) is 17.0. The molecule has 1 aliphatic heterocycles. The van der Waals surface area contributed by atoms with Gasteiger partial charge < -0.3 is 15.7 Å². The van der Waals surface area contributed by atoms with Gasteiger partial charge in [0, 0.05) is 35.7 Å². The highest BCUT2D eigenvalue weighted by Crippen LogP contribution is 2.37. The third-order valence-corrected chi connectivity index (χ3v) is 5.15. The van der Waals surface area contributed by atoms with Gasteiger partial charge in [-0.2, -0.15) is 0 Å². The van der Waals surface area contributed by atoms with Gasteiger partial charge in [-0.15, -0.1) is 0 Å². The third kappa shape index (κ3) is 3.55. The third-order valence-electron chi connectivity index (χ3n) is 5.15. The number of benzene rings is 1. The topological polar surface area (TPSA) is 78.4 Å². The molecule has 1 aromatic carbocycles. The van der Waals surface area contributed by atoms with Gasteiger partial charge in [-0.1, -0.05) is 32.9 Å². The molecule has 1 fully saturated rings. The molecular weight excluding hydrogens is 292 g/mol. The number of anilines is 1. The Balaban J connectivity index is 2.30. The Morgan fingerprint density at radius 1 is 1.43 bits per heavy atom. The highest BCUT2D eigenvalue weighted by molar-refractivity contribution is 6.01. The van der Waals surface area contributed by atoms with Gasteiger partial charge in [-0.05, 0) is 25.1 Å². The van der Waals surface area contributed by atoms with Gasteiger partial charge in [-0.3, -0.25) is 9.59 Å². The summed E-state index contributed by atoms with van der Waals surface area (Å²) in [4.78, 5) is 23.6. The summed E-state index contributed by atoms with van der Waals surface area (Å²) in [5.41, 5.74) is 1.06. The lowest BCUT2D eigenvalue weighted by atomic mass is 9.69. The molecule has 0 spiro atoms. The van der Waals surface area contributed by atoms with Crippen LogP contribution in [0.15, 0.2) is 24.3 Å². The molecule has 0 radical (unpaired) electrons. The summed E-state index contributed by atoms with van der Waals surface area (Å²) in [5, 5.41) is 16.2. The quantitative estimate of drug-likeness (QED) is 0.703. The fraction of sp³-hybridized carbons (Fsp3) is 0.556. The van der Waals surface area contributed by atoms with Gasteiger partial charge in [0.2, 0.25) is 0 Å². The number of carbonyl (C=O) groups is 2. The maximum atomic E-state index is 12.1. The molecule has 0 aliphatic carbocycles. The number of carbonyl (C=O) groups excluding carboxylic acids is 1. The maximum absolute atomic E-state index is 12.1.